The van der Waals surface area contributed by atoms with Gasteiger partial charge in [-0.25, -0.2) is 0 Å². The molecule has 1 atom stereocenters. The predicted molar refractivity (Wildman–Crippen MR) is 102 cm³/mol. The van der Waals surface area contributed by atoms with E-state index in [4.69, 9.17) is 0 Å². The van der Waals surface area contributed by atoms with E-state index in [1.54, 1.807) is 12.3 Å². The van der Waals surface area contributed by atoms with Crippen LogP contribution in [-0.2, 0) is 4.79 Å². The van der Waals surface area contributed by atoms with E-state index in [9.17, 15) is 4.79 Å². The number of pyridine rings is 1. The first kappa shape index (κ1) is 17.2. The first-order chi connectivity index (χ1) is 12.1. The van der Waals surface area contributed by atoms with Crippen LogP contribution in [0.15, 0.2) is 54.9 Å². The summed E-state index contributed by atoms with van der Waals surface area (Å²) in [7, 11) is 4.03. The van der Waals surface area contributed by atoms with Crippen molar-refractivity contribution in [3.8, 4) is 0 Å². The highest BCUT2D eigenvalue weighted by Gasteiger charge is 2.26. The average Bonchev–Trinajstić information content (AvgIpc) is 2.67. The minimum Gasteiger partial charge on any atom is -0.378 e. The largest absolute Gasteiger partial charge is 0.378 e. The van der Waals surface area contributed by atoms with Crippen LogP contribution in [0.1, 0.15) is 36.4 Å². The molecule has 4 heteroatoms. The van der Waals surface area contributed by atoms with Crippen molar-refractivity contribution in [3.63, 3.8) is 0 Å². The molecule has 0 radical (unpaired) electrons. The summed E-state index contributed by atoms with van der Waals surface area (Å²) in [6.45, 7) is 0.808. The molecule has 0 N–H and O–H groups in total. The minimum absolute atomic E-state index is 0.0743. The van der Waals surface area contributed by atoms with Crippen molar-refractivity contribution in [2.75, 3.05) is 25.5 Å². The number of amides is 1. The Hall–Kier alpha value is -2.62. The Morgan fingerprint density at radius 1 is 1.20 bits per heavy atom. The van der Waals surface area contributed by atoms with Gasteiger partial charge >= 0.3 is 0 Å². The second kappa shape index (κ2) is 7.97. The van der Waals surface area contributed by atoms with E-state index in [1.165, 1.54) is 0 Å². The molecule has 3 rings (SSSR count). The number of benzene rings is 1. The van der Waals surface area contributed by atoms with E-state index in [0.717, 1.165) is 42.6 Å². The van der Waals surface area contributed by atoms with Crippen LogP contribution < -0.4 is 4.90 Å². The van der Waals surface area contributed by atoms with Gasteiger partial charge in [-0.2, -0.15) is 0 Å². The molecule has 2 heterocycles. The van der Waals surface area contributed by atoms with Crippen LogP contribution in [0.2, 0.25) is 0 Å². The zero-order chi connectivity index (χ0) is 17.6. The molecule has 25 heavy (non-hydrogen) atoms. The summed E-state index contributed by atoms with van der Waals surface area (Å²) >= 11 is 0. The lowest BCUT2D eigenvalue weighted by molar-refractivity contribution is -0.129. The first-order valence-corrected chi connectivity index (χ1v) is 8.81. The normalized spacial score (nSPS) is 17.7. The van der Waals surface area contributed by atoms with Gasteiger partial charge in [0, 0.05) is 44.8 Å². The van der Waals surface area contributed by atoms with Gasteiger partial charge in [-0.05, 0) is 54.7 Å². The molecule has 1 aromatic heterocycles. The van der Waals surface area contributed by atoms with E-state index < -0.39 is 0 Å². The Kier molecular flexibility index (Phi) is 5.49. The van der Waals surface area contributed by atoms with Crippen LogP contribution in [0.4, 0.5) is 5.69 Å². The fraction of sp³-hybridized carbons (Fsp3) is 0.333. The van der Waals surface area contributed by atoms with Crippen molar-refractivity contribution < 1.29 is 4.79 Å². The minimum atomic E-state index is 0.0743. The maximum absolute atomic E-state index is 12.7. The molecule has 1 saturated heterocycles. The summed E-state index contributed by atoms with van der Waals surface area (Å²) in [5, 5.41) is 0. The summed E-state index contributed by atoms with van der Waals surface area (Å²) < 4.78 is 0. The number of likely N-dealkylation sites (tertiary alicyclic amines) is 1. The Morgan fingerprint density at radius 2 is 2.00 bits per heavy atom. The monoisotopic (exact) mass is 335 g/mol. The fourth-order valence-corrected chi connectivity index (χ4v) is 3.26. The lowest BCUT2D eigenvalue weighted by Crippen LogP contribution is -2.37. The molecular formula is C21H25N3O. The fourth-order valence-electron chi connectivity index (χ4n) is 3.26. The van der Waals surface area contributed by atoms with Crippen molar-refractivity contribution >= 4 is 17.7 Å². The highest BCUT2D eigenvalue weighted by molar-refractivity contribution is 5.92. The van der Waals surface area contributed by atoms with Gasteiger partial charge in [0.15, 0.2) is 0 Å². The Morgan fingerprint density at radius 3 is 2.68 bits per heavy atom. The first-order valence-electron chi connectivity index (χ1n) is 8.81. The number of nitrogens with zero attached hydrogens (tertiary/aromatic N) is 3. The Labute approximate surface area is 149 Å². The van der Waals surface area contributed by atoms with Crippen LogP contribution in [0.5, 0.6) is 0 Å². The van der Waals surface area contributed by atoms with Gasteiger partial charge in [-0.1, -0.05) is 18.2 Å². The number of carbonyl (C=O) groups excluding carboxylic acids is 1. The standard InChI is InChI=1S/C21H25N3O/c1-23(2)19-11-8-17(9-12-19)10-13-21(25)24-15-4-3-7-20(24)18-6-5-14-22-16-18/h5-6,8-14,16,20H,3-4,7,15H2,1-2H3/b13-10+/t20-/m0/s1. The molecule has 130 valence electrons. The molecular weight excluding hydrogens is 310 g/mol. The molecule has 0 unspecified atom stereocenters. The van der Waals surface area contributed by atoms with E-state index in [2.05, 4.69) is 28.1 Å². The number of hydrogen-bond donors (Lipinski definition) is 0. The zero-order valence-corrected chi connectivity index (χ0v) is 14.9. The van der Waals surface area contributed by atoms with Crippen molar-refractivity contribution in [3.05, 3.63) is 66.0 Å². The zero-order valence-electron chi connectivity index (χ0n) is 14.9. The highest BCUT2D eigenvalue weighted by atomic mass is 16.2. The van der Waals surface area contributed by atoms with E-state index >= 15 is 0 Å². The van der Waals surface area contributed by atoms with Crippen molar-refractivity contribution in [2.45, 2.75) is 25.3 Å². The summed E-state index contributed by atoms with van der Waals surface area (Å²) in [6.07, 6.45) is 10.5. The number of aromatic nitrogens is 1. The van der Waals surface area contributed by atoms with Crippen molar-refractivity contribution in [2.24, 2.45) is 0 Å². The average molecular weight is 335 g/mol. The number of carbonyl (C=O) groups is 1. The second-order valence-electron chi connectivity index (χ2n) is 6.65. The van der Waals surface area contributed by atoms with Gasteiger partial charge in [0.25, 0.3) is 0 Å². The van der Waals surface area contributed by atoms with Crippen LogP contribution in [0.25, 0.3) is 6.08 Å². The van der Waals surface area contributed by atoms with Gasteiger partial charge in [0.05, 0.1) is 6.04 Å². The molecule has 0 bridgehead atoms. The van der Waals surface area contributed by atoms with E-state index in [-0.39, 0.29) is 11.9 Å². The third kappa shape index (κ3) is 4.27. The van der Waals surface area contributed by atoms with Gasteiger partial charge in [-0.3, -0.25) is 9.78 Å². The van der Waals surface area contributed by atoms with Gasteiger partial charge in [0.2, 0.25) is 5.91 Å². The Balaban J connectivity index is 1.72. The maximum atomic E-state index is 12.7. The molecule has 2 aromatic rings. The molecule has 4 nitrogen and oxygen atoms in total. The summed E-state index contributed by atoms with van der Waals surface area (Å²) in [4.78, 5) is 21.0. The van der Waals surface area contributed by atoms with Gasteiger partial charge < -0.3 is 9.80 Å². The van der Waals surface area contributed by atoms with Crippen molar-refractivity contribution in [1.29, 1.82) is 0 Å². The van der Waals surface area contributed by atoms with E-state index in [1.807, 2.05) is 49.5 Å². The molecule has 0 spiro atoms. The topological polar surface area (TPSA) is 36.4 Å². The number of hydrogen-bond acceptors (Lipinski definition) is 3. The van der Waals surface area contributed by atoms with Crippen molar-refractivity contribution in [1.82, 2.24) is 9.88 Å². The van der Waals surface area contributed by atoms with Gasteiger partial charge in [-0.15, -0.1) is 0 Å². The summed E-state index contributed by atoms with van der Waals surface area (Å²) in [5.74, 6) is 0.0743. The number of rotatable bonds is 4. The highest BCUT2D eigenvalue weighted by Crippen LogP contribution is 2.30. The van der Waals surface area contributed by atoms with Crippen LogP contribution >= 0.6 is 0 Å². The molecule has 1 amide bonds. The lowest BCUT2D eigenvalue weighted by atomic mass is 9.96. The Bertz CT molecular complexity index is 723. The molecule has 1 aliphatic rings. The third-order valence-corrected chi connectivity index (χ3v) is 4.68. The summed E-state index contributed by atoms with van der Waals surface area (Å²) in [5.41, 5.74) is 3.31. The van der Waals surface area contributed by atoms with Crippen LogP contribution in [-0.4, -0.2) is 36.4 Å². The lowest BCUT2D eigenvalue weighted by Gasteiger charge is -2.35. The number of piperidine rings is 1. The number of anilines is 1. The van der Waals surface area contributed by atoms with E-state index in [0.29, 0.717) is 0 Å². The molecule has 0 aliphatic carbocycles. The third-order valence-electron chi connectivity index (χ3n) is 4.68. The molecule has 0 saturated carbocycles. The SMILES string of the molecule is CN(C)c1ccc(/C=C/C(=O)N2CCCC[C@H]2c2cccnc2)cc1. The quantitative estimate of drug-likeness (QED) is 0.795. The van der Waals surface area contributed by atoms with Gasteiger partial charge in [0.1, 0.15) is 0 Å². The predicted octanol–water partition coefficient (Wildman–Crippen LogP) is 3.91. The summed E-state index contributed by atoms with van der Waals surface area (Å²) in [6, 6.07) is 12.3. The maximum Gasteiger partial charge on any atom is 0.247 e. The second-order valence-corrected chi connectivity index (χ2v) is 6.65. The smallest absolute Gasteiger partial charge is 0.247 e. The van der Waals surface area contributed by atoms with Crippen LogP contribution in [0, 0.1) is 0 Å². The van der Waals surface area contributed by atoms with Crippen LogP contribution in [0.3, 0.4) is 0 Å². The molecule has 1 aromatic carbocycles. The molecule has 1 aliphatic heterocycles. The molecule has 1 fully saturated rings.